The van der Waals surface area contributed by atoms with E-state index in [1.807, 2.05) is 0 Å². The van der Waals surface area contributed by atoms with Gasteiger partial charge in [0.15, 0.2) is 0 Å². The van der Waals surface area contributed by atoms with Crippen LogP contribution in [-0.2, 0) is 0 Å². The van der Waals surface area contributed by atoms with Crippen molar-refractivity contribution in [2.24, 2.45) is 52.3 Å². The van der Waals surface area contributed by atoms with Gasteiger partial charge < -0.3 is 0 Å². The van der Waals surface area contributed by atoms with Crippen molar-refractivity contribution in [2.75, 3.05) is 0 Å². The summed E-state index contributed by atoms with van der Waals surface area (Å²) in [5.74, 6) is 9.15. The first-order valence-electron chi connectivity index (χ1n) is 12.9. The molecule has 3 fully saturated rings. The van der Waals surface area contributed by atoms with Crippen molar-refractivity contribution in [3.8, 4) is 12.3 Å². The number of allylic oxidation sites excluding steroid dienone is 2. The number of hydrogen-bond acceptors (Lipinski definition) is 0. The van der Waals surface area contributed by atoms with Gasteiger partial charge in [-0.3, -0.25) is 0 Å². The van der Waals surface area contributed by atoms with Crippen LogP contribution in [0.15, 0.2) is 11.6 Å². The number of terminal acetylenes is 1. The Kier molecular flexibility index (Phi) is 6.01. The second kappa shape index (κ2) is 8.09. The zero-order chi connectivity index (χ0) is 20.8. The Morgan fingerprint density at radius 2 is 1.83 bits per heavy atom. The summed E-state index contributed by atoms with van der Waals surface area (Å²) in [4.78, 5) is 0. The molecule has 8 unspecified atom stereocenters. The summed E-state index contributed by atoms with van der Waals surface area (Å²) in [6.07, 6.45) is 23.9. The number of hydrogen-bond donors (Lipinski definition) is 0. The van der Waals surface area contributed by atoms with Gasteiger partial charge in [-0.05, 0) is 97.7 Å². The van der Waals surface area contributed by atoms with Crippen molar-refractivity contribution in [3.63, 3.8) is 0 Å². The molecule has 8 atom stereocenters. The molecule has 4 aliphatic rings. The smallest absolute Gasteiger partial charge is 0.0237 e. The Balaban J connectivity index is 1.49. The predicted octanol–water partition coefficient (Wildman–Crippen LogP) is 8.28. The second-order valence-corrected chi connectivity index (χ2v) is 12.4. The lowest BCUT2D eigenvalue weighted by Gasteiger charge is -2.58. The predicted molar refractivity (Wildman–Crippen MR) is 125 cm³/mol. The van der Waals surface area contributed by atoms with Crippen LogP contribution in [0, 0.1) is 64.6 Å². The van der Waals surface area contributed by atoms with Gasteiger partial charge in [-0.1, -0.05) is 65.5 Å². The van der Waals surface area contributed by atoms with E-state index < -0.39 is 0 Å². The Bertz CT molecular complexity index is 662. The summed E-state index contributed by atoms with van der Waals surface area (Å²) in [5.41, 5.74) is 2.81. The van der Waals surface area contributed by atoms with Crippen molar-refractivity contribution < 1.29 is 0 Å². The fourth-order valence-corrected chi connectivity index (χ4v) is 8.83. The molecule has 0 amide bonds. The van der Waals surface area contributed by atoms with Crippen LogP contribution in [0.2, 0.25) is 0 Å². The normalized spacial score (nSPS) is 45.0. The minimum absolute atomic E-state index is 0.457. The average molecular weight is 395 g/mol. The van der Waals surface area contributed by atoms with E-state index in [-0.39, 0.29) is 0 Å². The Morgan fingerprint density at radius 1 is 1.03 bits per heavy atom. The lowest BCUT2D eigenvalue weighted by atomic mass is 9.46. The fraction of sp³-hybridized carbons (Fsp3) is 0.862. The summed E-state index contributed by atoms with van der Waals surface area (Å²) >= 11 is 0. The molecular weight excluding hydrogens is 348 g/mol. The molecule has 4 rings (SSSR count). The van der Waals surface area contributed by atoms with Crippen molar-refractivity contribution >= 4 is 0 Å². The van der Waals surface area contributed by atoms with Crippen molar-refractivity contribution in [1.29, 1.82) is 0 Å². The van der Waals surface area contributed by atoms with E-state index in [1.165, 1.54) is 70.6 Å². The molecule has 0 heteroatoms. The first-order valence-corrected chi connectivity index (χ1v) is 12.9. The number of fused-ring (bicyclic) bond motifs is 5. The molecule has 0 heterocycles. The average Bonchev–Trinajstić information content (AvgIpc) is 3.04. The summed E-state index contributed by atoms with van der Waals surface area (Å²) in [6.45, 7) is 12.7. The molecule has 0 aromatic rings. The van der Waals surface area contributed by atoms with Crippen molar-refractivity contribution in [3.05, 3.63) is 11.6 Å². The topological polar surface area (TPSA) is 0 Å². The molecule has 0 spiro atoms. The molecule has 162 valence electrons. The highest BCUT2D eigenvalue weighted by Crippen LogP contribution is 2.67. The third kappa shape index (κ3) is 3.64. The van der Waals surface area contributed by atoms with Gasteiger partial charge in [0.1, 0.15) is 0 Å². The van der Waals surface area contributed by atoms with E-state index in [0.29, 0.717) is 16.7 Å². The lowest BCUT2D eigenvalue weighted by Crippen LogP contribution is -2.50. The van der Waals surface area contributed by atoms with Gasteiger partial charge in [0.25, 0.3) is 0 Å². The van der Waals surface area contributed by atoms with E-state index in [1.54, 1.807) is 5.57 Å². The van der Waals surface area contributed by atoms with Gasteiger partial charge >= 0.3 is 0 Å². The van der Waals surface area contributed by atoms with Crippen LogP contribution < -0.4 is 0 Å². The van der Waals surface area contributed by atoms with Gasteiger partial charge in [-0.2, -0.15) is 0 Å². The summed E-state index contributed by atoms with van der Waals surface area (Å²) in [6, 6.07) is 0. The molecule has 0 saturated heterocycles. The standard InChI is InChI=1S/C29H46/c1-7-22-15-17-28(5)23(19-22)11-12-24-26-14-13-25(21(4)10-8-9-20(2)3)29(26,6)18-16-27(24)28/h1,11,20-22,24-27H,8-10,12-19H2,2-6H3. The fourth-order valence-electron chi connectivity index (χ4n) is 8.83. The highest BCUT2D eigenvalue weighted by Gasteiger charge is 2.59. The van der Waals surface area contributed by atoms with Crippen LogP contribution >= 0.6 is 0 Å². The zero-order valence-electron chi connectivity index (χ0n) is 20.0. The van der Waals surface area contributed by atoms with Crippen LogP contribution in [0.4, 0.5) is 0 Å². The number of rotatable bonds is 5. The third-order valence-corrected chi connectivity index (χ3v) is 10.5. The first-order chi connectivity index (χ1) is 13.8. The second-order valence-electron chi connectivity index (χ2n) is 12.4. The Morgan fingerprint density at radius 3 is 2.55 bits per heavy atom. The first kappa shape index (κ1) is 21.5. The molecule has 3 saturated carbocycles. The molecule has 29 heavy (non-hydrogen) atoms. The Labute approximate surface area is 181 Å². The van der Waals surface area contributed by atoms with Gasteiger partial charge in [0.05, 0.1) is 0 Å². The van der Waals surface area contributed by atoms with Crippen LogP contribution in [-0.4, -0.2) is 0 Å². The van der Waals surface area contributed by atoms with Gasteiger partial charge in [0.2, 0.25) is 0 Å². The zero-order valence-corrected chi connectivity index (χ0v) is 20.0. The molecule has 0 radical (unpaired) electrons. The molecule has 0 bridgehead atoms. The molecule has 4 aliphatic carbocycles. The highest BCUT2D eigenvalue weighted by atomic mass is 14.6. The van der Waals surface area contributed by atoms with Crippen molar-refractivity contribution in [1.82, 2.24) is 0 Å². The summed E-state index contributed by atoms with van der Waals surface area (Å²) in [7, 11) is 0. The maximum atomic E-state index is 5.80. The Hall–Kier alpha value is -0.700. The van der Waals surface area contributed by atoms with E-state index in [4.69, 9.17) is 6.42 Å². The molecule has 0 aliphatic heterocycles. The monoisotopic (exact) mass is 394 g/mol. The third-order valence-electron chi connectivity index (χ3n) is 10.5. The molecule has 0 aromatic heterocycles. The van der Waals surface area contributed by atoms with Gasteiger partial charge in [-0.15, -0.1) is 12.3 Å². The van der Waals surface area contributed by atoms with E-state index in [9.17, 15) is 0 Å². The van der Waals surface area contributed by atoms with Gasteiger partial charge in [0, 0.05) is 5.92 Å². The SMILES string of the molecule is C#CC1CCC2(C)C(=CCC3C2CCC2(C)C(C(C)CCCC(C)C)CCC32)C1. The maximum absolute atomic E-state index is 5.80. The highest BCUT2D eigenvalue weighted by molar-refractivity contribution is 5.26. The maximum Gasteiger partial charge on any atom is 0.0237 e. The summed E-state index contributed by atoms with van der Waals surface area (Å²) < 4.78 is 0. The summed E-state index contributed by atoms with van der Waals surface area (Å²) in [5, 5.41) is 0. The van der Waals surface area contributed by atoms with Crippen LogP contribution in [0.5, 0.6) is 0 Å². The molecule has 0 nitrogen and oxygen atoms in total. The van der Waals surface area contributed by atoms with E-state index >= 15 is 0 Å². The van der Waals surface area contributed by atoms with Crippen LogP contribution in [0.3, 0.4) is 0 Å². The molecule has 0 N–H and O–H groups in total. The largest absolute Gasteiger partial charge is 0.120 e. The van der Waals surface area contributed by atoms with Crippen molar-refractivity contribution in [2.45, 2.75) is 105 Å². The van der Waals surface area contributed by atoms with Gasteiger partial charge in [-0.25, -0.2) is 0 Å². The van der Waals surface area contributed by atoms with Crippen LogP contribution in [0.1, 0.15) is 105 Å². The molecular formula is C29H46. The van der Waals surface area contributed by atoms with E-state index in [2.05, 4.69) is 46.6 Å². The molecule has 0 aromatic carbocycles. The minimum Gasteiger partial charge on any atom is -0.120 e. The minimum atomic E-state index is 0.457. The van der Waals surface area contributed by atoms with Crippen LogP contribution in [0.25, 0.3) is 0 Å². The quantitative estimate of drug-likeness (QED) is 0.325. The lowest BCUT2D eigenvalue weighted by molar-refractivity contribution is -0.0514. The van der Waals surface area contributed by atoms with E-state index in [0.717, 1.165) is 35.5 Å².